The standard InChI is InChI=1S/C9H19NO6/c1-5(12)2-10-3-6(13)8(15)9(16)7(14)4-11/h6-11,13-16H,2-4H2,1H3/t6-,7+,8+,9+/m0/s1. The van der Waals surface area contributed by atoms with Gasteiger partial charge in [0.05, 0.1) is 19.3 Å². The van der Waals surface area contributed by atoms with Crippen molar-refractivity contribution in [2.75, 3.05) is 19.7 Å². The van der Waals surface area contributed by atoms with E-state index in [-0.39, 0.29) is 18.9 Å². The number of hydrogen-bond acceptors (Lipinski definition) is 7. The molecule has 0 fully saturated rings. The summed E-state index contributed by atoms with van der Waals surface area (Å²) in [6.45, 7) is 0.588. The lowest BCUT2D eigenvalue weighted by molar-refractivity contribution is -0.118. The fraction of sp³-hybridized carbons (Fsp3) is 0.889. The summed E-state index contributed by atoms with van der Waals surface area (Å²) in [6, 6.07) is 0. The largest absolute Gasteiger partial charge is 0.394 e. The van der Waals surface area contributed by atoms with E-state index in [4.69, 9.17) is 10.2 Å². The van der Waals surface area contributed by atoms with Crippen LogP contribution in [0.25, 0.3) is 0 Å². The Labute approximate surface area is 93.3 Å². The van der Waals surface area contributed by atoms with Gasteiger partial charge in [0.1, 0.15) is 24.1 Å². The first-order valence-electron chi connectivity index (χ1n) is 4.93. The van der Waals surface area contributed by atoms with Crippen LogP contribution in [0.15, 0.2) is 0 Å². The molecular formula is C9H19NO6. The van der Waals surface area contributed by atoms with E-state index in [2.05, 4.69) is 5.32 Å². The highest BCUT2D eigenvalue weighted by Crippen LogP contribution is 2.04. The Balaban J connectivity index is 3.97. The number of rotatable bonds is 8. The van der Waals surface area contributed by atoms with Gasteiger partial charge in [-0.2, -0.15) is 0 Å². The molecule has 4 atom stereocenters. The van der Waals surface area contributed by atoms with Gasteiger partial charge in [0.15, 0.2) is 0 Å². The number of ketones is 1. The maximum Gasteiger partial charge on any atom is 0.143 e. The Morgan fingerprint density at radius 2 is 1.62 bits per heavy atom. The highest BCUT2D eigenvalue weighted by atomic mass is 16.4. The van der Waals surface area contributed by atoms with Crippen LogP contribution in [-0.2, 0) is 4.79 Å². The Bertz CT molecular complexity index is 212. The first kappa shape index (κ1) is 15.4. The average Bonchev–Trinajstić information content (AvgIpc) is 2.25. The second kappa shape index (κ2) is 7.66. The zero-order chi connectivity index (χ0) is 12.7. The van der Waals surface area contributed by atoms with E-state index >= 15 is 0 Å². The van der Waals surface area contributed by atoms with Gasteiger partial charge in [-0.3, -0.25) is 4.79 Å². The predicted octanol–water partition coefficient (Wildman–Crippen LogP) is -3.40. The molecule has 0 rings (SSSR count). The number of carbonyl (C=O) groups excluding carboxylic acids is 1. The van der Waals surface area contributed by atoms with Crippen molar-refractivity contribution >= 4 is 5.78 Å². The molecule has 0 spiro atoms. The number of nitrogens with one attached hydrogen (secondary N) is 1. The fourth-order valence-electron chi connectivity index (χ4n) is 1.08. The molecule has 0 heterocycles. The smallest absolute Gasteiger partial charge is 0.143 e. The molecule has 0 aliphatic heterocycles. The molecule has 0 aromatic carbocycles. The number of aliphatic hydroxyl groups excluding tert-OH is 5. The van der Waals surface area contributed by atoms with Crippen molar-refractivity contribution in [3.63, 3.8) is 0 Å². The van der Waals surface area contributed by atoms with Gasteiger partial charge < -0.3 is 30.8 Å². The molecule has 0 aromatic heterocycles. The summed E-state index contributed by atoms with van der Waals surface area (Å²) in [5.74, 6) is -0.127. The van der Waals surface area contributed by atoms with Crippen molar-refractivity contribution in [3.05, 3.63) is 0 Å². The van der Waals surface area contributed by atoms with E-state index in [1.165, 1.54) is 6.92 Å². The zero-order valence-corrected chi connectivity index (χ0v) is 9.08. The van der Waals surface area contributed by atoms with Crippen molar-refractivity contribution in [3.8, 4) is 0 Å². The molecule has 0 radical (unpaired) electrons. The second-order valence-electron chi connectivity index (χ2n) is 3.63. The summed E-state index contributed by atoms with van der Waals surface area (Å²) in [7, 11) is 0. The average molecular weight is 237 g/mol. The molecule has 0 saturated carbocycles. The summed E-state index contributed by atoms with van der Waals surface area (Å²) >= 11 is 0. The summed E-state index contributed by atoms with van der Waals surface area (Å²) in [5, 5.41) is 48.1. The first-order chi connectivity index (χ1) is 7.40. The van der Waals surface area contributed by atoms with Gasteiger partial charge in [0.2, 0.25) is 0 Å². The molecule has 7 heteroatoms. The Morgan fingerprint density at radius 3 is 2.06 bits per heavy atom. The van der Waals surface area contributed by atoms with E-state index in [9.17, 15) is 20.1 Å². The van der Waals surface area contributed by atoms with Crippen molar-refractivity contribution in [2.45, 2.75) is 31.3 Å². The van der Waals surface area contributed by atoms with E-state index in [1.807, 2.05) is 0 Å². The molecule has 0 aliphatic rings. The lowest BCUT2D eigenvalue weighted by atomic mass is 10.0. The zero-order valence-electron chi connectivity index (χ0n) is 9.08. The quantitative estimate of drug-likeness (QED) is 0.259. The molecule has 0 unspecified atom stereocenters. The molecule has 7 nitrogen and oxygen atoms in total. The molecule has 96 valence electrons. The Hall–Kier alpha value is -0.570. The third-order valence-corrected chi connectivity index (χ3v) is 2.05. The topological polar surface area (TPSA) is 130 Å². The highest BCUT2D eigenvalue weighted by molar-refractivity contribution is 5.77. The molecule has 0 aliphatic carbocycles. The van der Waals surface area contributed by atoms with Gasteiger partial charge in [-0.25, -0.2) is 0 Å². The molecule has 0 amide bonds. The van der Waals surface area contributed by atoms with Crippen molar-refractivity contribution < 1.29 is 30.3 Å². The van der Waals surface area contributed by atoms with Crippen LogP contribution in [0.4, 0.5) is 0 Å². The van der Waals surface area contributed by atoms with Crippen molar-refractivity contribution in [1.29, 1.82) is 0 Å². The lowest BCUT2D eigenvalue weighted by Gasteiger charge is -2.25. The summed E-state index contributed by atoms with van der Waals surface area (Å²) in [4.78, 5) is 10.6. The van der Waals surface area contributed by atoms with Crippen LogP contribution in [0.5, 0.6) is 0 Å². The number of hydrogen-bond donors (Lipinski definition) is 6. The fourth-order valence-corrected chi connectivity index (χ4v) is 1.08. The minimum atomic E-state index is -1.64. The molecule has 16 heavy (non-hydrogen) atoms. The van der Waals surface area contributed by atoms with Gasteiger partial charge in [-0.15, -0.1) is 0 Å². The lowest BCUT2D eigenvalue weighted by Crippen LogP contribution is -2.49. The van der Waals surface area contributed by atoms with E-state index < -0.39 is 31.0 Å². The monoisotopic (exact) mass is 237 g/mol. The number of aliphatic hydroxyl groups is 5. The van der Waals surface area contributed by atoms with Crippen LogP contribution in [0.1, 0.15) is 6.92 Å². The third kappa shape index (κ3) is 5.50. The van der Waals surface area contributed by atoms with Gasteiger partial charge in [0.25, 0.3) is 0 Å². The summed E-state index contributed by atoms with van der Waals surface area (Å²) in [6.07, 6.45) is -6.09. The third-order valence-electron chi connectivity index (χ3n) is 2.05. The maximum atomic E-state index is 10.6. The molecule has 0 saturated heterocycles. The molecule has 6 N–H and O–H groups in total. The van der Waals surface area contributed by atoms with E-state index in [0.29, 0.717) is 0 Å². The van der Waals surface area contributed by atoms with Crippen LogP contribution in [-0.4, -0.2) is 75.4 Å². The summed E-state index contributed by atoms with van der Waals surface area (Å²) < 4.78 is 0. The van der Waals surface area contributed by atoms with Crippen molar-refractivity contribution in [2.24, 2.45) is 0 Å². The minimum Gasteiger partial charge on any atom is -0.394 e. The van der Waals surface area contributed by atoms with Gasteiger partial charge in [-0.05, 0) is 6.92 Å². The minimum absolute atomic E-state index is 0.0441. The normalized spacial score (nSPS) is 18.9. The van der Waals surface area contributed by atoms with E-state index in [0.717, 1.165) is 0 Å². The van der Waals surface area contributed by atoms with Crippen LogP contribution in [0.2, 0.25) is 0 Å². The van der Waals surface area contributed by atoms with Crippen molar-refractivity contribution in [1.82, 2.24) is 5.32 Å². The number of Topliss-reactive ketones (excluding diaryl/α,β-unsaturated/α-hetero) is 1. The SMILES string of the molecule is CC(=O)CNC[C@H](O)[C@@H](O)[C@H](O)[C@H](O)CO. The number of carbonyl (C=O) groups is 1. The second-order valence-corrected chi connectivity index (χ2v) is 3.63. The van der Waals surface area contributed by atoms with Crippen LogP contribution >= 0.6 is 0 Å². The Morgan fingerprint density at radius 1 is 1.12 bits per heavy atom. The molecule has 0 aromatic rings. The highest BCUT2D eigenvalue weighted by Gasteiger charge is 2.29. The van der Waals surface area contributed by atoms with Crippen LogP contribution < -0.4 is 5.32 Å². The maximum absolute atomic E-state index is 10.6. The first-order valence-corrected chi connectivity index (χ1v) is 4.93. The van der Waals surface area contributed by atoms with Gasteiger partial charge in [0, 0.05) is 6.54 Å². The van der Waals surface area contributed by atoms with Crippen LogP contribution in [0, 0.1) is 0 Å². The van der Waals surface area contributed by atoms with Gasteiger partial charge >= 0.3 is 0 Å². The molecular weight excluding hydrogens is 218 g/mol. The van der Waals surface area contributed by atoms with E-state index in [1.54, 1.807) is 0 Å². The molecule has 0 bridgehead atoms. The summed E-state index contributed by atoms with van der Waals surface area (Å²) in [5.41, 5.74) is 0. The van der Waals surface area contributed by atoms with Gasteiger partial charge in [-0.1, -0.05) is 0 Å². The van der Waals surface area contributed by atoms with Crippen LogP contribution in [0.3, 0.4) is 0 Å². The predicted molar refractivity (Wildman–Crippen MR) is 54.7 cm³/mol. The Kier molecular flexibility index (Phi) is 7.39.